The van der Waals surface area contributed by atoms with Gasteiger partial charge in [0, 0.05) is 24.0 Å². The van der Waals surface area contributed by atoms with Gasteiger partial charge >= 0.3 is 4.87 Å². The number of carbonyl (C=O) groups excluding carboxylic acids is 1. The standard InChI is InChI=1S/C13H12F2N2O2S/c1-8-7-20-13(19)17(8)6-5-11(18)16-12-9(14)3-2-4-10(12)15/h2-4,7H,5-6H2,1H3,(H,16,18). The maximum atomic E-state index is 13.3. The predicted molar refractivity (Wildman–Crippen MR) is 72.9 cm³/mol. The van der Waals surface area contributed by atoms with Crippen LogP contribution >= 0.6 is 11.3 Å². The molecule has 0 unspecified atom stereocenters. The molecule has 1 aromatic heterocycles. The average molecular weight is 298 g/mol. The lowest BCUT2D eigenvalue weighted by atomic mass is 10.2. The molecule has 1 amide bonds. The molecule has 106 valence electrons. The number of anilines is 1. The Morgan fingerprint density at radius 3 is 2.55 bits per heavy atom. The Labute approximate surface area is 117 Å². The zero-order chi connectivity index (χ0) is 14.7. The number of nitrogens with zero attached hydrogens (tertiary/aromatic N) is 1. The summed E-state index contributed by atoms with van der Waals surface area (Å²) >= 11 is 1.05. The molecule has 0 aliphatic carbocycles. The zero-order valence-corrected chi connectivity index (χ0v) is 11.5. The third-order valence-corrected chi connectivity index (χ3v) is 3.65. The van der Waals surface area contributed by atoms with Crippen LogP contribution in [0.1, 0.15) is 12.1 Å². The van der Waals surface area contributed by atoms with Crippen molar-refractivity contribution in [2.45, 2.75) is 19.9 Å². The lowest BCUT2D eigenvalue weighted by Gasteiger charge is -2.08. The first-order chi connectivity index (χ1) is 9.49. The van der Waals surface area contributed by atoms with Crippen molar-refractivity contribution in [2.75, 3.05) is 5.32 Å². The first-order valence-corrected chi connectivity index (χ1v) is 6.76. The molecule has 1 N–H and O–H groups in total. The van der Waals surface area contributed by atoms with Crippen molar-refractivity contribution in [3.8, 4) is 0 Å². The Bertz CT molecular complexity index is 674. The monoisotopic (exact) mass is 298 g/mol. The van der Waals surface area contributed by atoms with Gasteiger partial charge in [0.2, 0.25) is 5.91 Å². The van der Waals surface area contributed by atoms with Crippen molar-refractivity contribution in [1.29, 1.82) is 0 Å². The normalized spacial score (nSPS) is 10.6. The molecule has 0 bridgehead atoms. The molecule has 0 aliphatic rings. The van der Waals surface area contributed by atoms with Crippen molar-refractivity contribution in [3.63, 3.8) is 0 Å². The highest BCUT2D eigenvalue weighted by Crippen LogP contribution is 2.18. The quantitative estimate of drug-likeness (QED) is 0.943. The fourth-order valence-corrected chi connectivity index (χ4v) is 2.47. The molecule has 0 spiro atoms. The van der Waals surface area contributed by atoms with Gasteiger partial charge in [-0.2, -0.15) is 0 Å². The van der Waals surface area contributed by atoms with Crippen LogP contribution in [-0.4, -0.2) is 10.5 Å². The molecule has 1 heterocycles. The maximum absolute atomic E-state index is 13.3. The van der Waals surface area contributed by atoms with Crippen molar-refractivity contribution in [3.05, 3.63) is 50.6 Å². The number of para-hydroxylation sites is 1. The van der Waals surface area contributed by atoms with Gasteiger partial charge in [-0.1, -0.05) is 17.4 Å². The summed E-state index contributed by atoms with van der Waals surface area (Å²) in [6, 6.07) is 3.34. The van der Waals surface area contributed by atoms with Crippen LogP contribution in [0.3, 0.4) is 0 Å². The molecule has 0 saturated heterocycles. The Morgan fingerprint density at radius 1 is 1.35 bits per heavy atom. The number of hydrogen-bond acceptors (Lipinski definition) is 3. The van der Waals surface area contributed by atoms with E-state index >= 15 is 0 Å². The van der Waals surface area contributed by atoms with E-state index in [9.17, 15) is 18.4 Å². The SMILES string of the molecule is Cc1csc(=O)n1CCC(=O)Nc1c(F)cccc1F. The molecule has 2 rings (SSSR count). The maximum Gasteiger partial charge on any atom is 0.307 e. The van der Waals surface area contributed by atoms with Gasteiger partial charge in [-0.15, -0.1) is 0 Å². The Morgan fingerprint density at radius 2 is 2.00 bits per heavy atom. The van der Waals surface area contributed by atoms with Crippen LogP contribution in [0, 0.1) is 18.6 Å². The van der Waals surface area contributed by atoms with Gasteiger partial charge in [-0.05, 0) is 19.1 Å². The highest BCUT2D eigenvalue weighted by molar-refractivity contribution is 7.07. The summed E-state index contributed by atoms with van der Waals surface area (Å²) in [7, 11) is 0. The van der Waals surface area contributed by atoms with Gasteiger partial charge in [-0.3, -0.25) is 9.59 Å². The summed E-state index contributed by atoms with van der Waals surface area (Å²) in [6.45, 7) is 1.93. The van der Waals surface area contributed by atoms with Gasteiger partial charge in [0.05, 0.1) is 0 Å². The third-order valence-electron chi connectivity index (χ3n) is 2.77. The molecule has 0 radical (unpaired) electrons. The van der Waals surface area contributed by atoms with Crippen LogP contribution in [0.5, 0.6) is 0 Å². The first kappa shape index (κ1) is 14.4. The largest absolute Gasteiger partial charge is 0.321 e. The van der Waals surface area contributed by atoms with E-state index in [1.54, 1.807) is 12.3 Å². The second kappa shape index (κ2) is 5.96. The van der Waals surface area contributed by atoms with E-state index < -0.39 is 23.2 Å². The molecule has 1 aromatic carbocycles. The fraction of sp³-hybridized carbons (Fsp3) is 0.231. The molecular formula is C13H12F2N2O2S. The van der Waals surface area contributed by atoms with Crippen molar-refractivity contribution < 1.29 is 13.6 Å². The summed E-state index contributed by atoms with van der Waals surface area (Å²) in [6.07, 6.45) is -0.0365. The number of hydrogen-bond donors (Lipinski definition) is 1. The molecule has 2 aromatic rings. The Hall–Kier alpha value is -2.02. The number of rotatable bonds is 4. The average Bonchev–Trinajstić information content (AvgIpc) is 2.71. The highest BCUT2D eigenvalue weighted by Gasteiger charge is 2.12. The van der Waals surface area contributed by atoms with E-state index in [1.165, 1.54) is 10.6 Å². The van der Waals surface area contributed by atoms with Crippen LogP contribution in [0.15, 0.2) is 28.4 Å². The van der Waals surface area contributed by atoms with Gasteiger partial charge in [0.1, 0.15) is 17.3 Å². The van der Waals surface area contributed by atoms with Crippen molar-refractivity contribution in [1.82, 2.24) is 4.57 Å². The van der Waals surface area contributed by atoms with Gasteiger partial charge in [0.15, 0.2) is 0 Å². The van der Waals surface area contributed by atoms with E-state index in [0.717, 1.165) is 29.2 Å². The van der Waals surface area contributed by atoms with Crippen LogP contribution in [-0.2, 0) is 11.3 Å². The topological polar surface area (TPSA) is 51.1 Å². The van der Waals surface area contributed by atoms with Crippen LogP contribution in [0.2, 0.25) is 0 Å². The van der Waals surface area contributed by atoms with Gasteiger partial charge in [-0.25, -0.2) is 8.78 Å². The number of amides is 1. The molecule has 4 nitrogen and oxygen atoms in total. The van der Waals surface area contributed by atoms with E-state index in [-0.39, 0.29) is 17.8 Å². The molecular weight excluding hydrogens is 286 g/mol. The number of thiazole rings is 1. The minimum atomic E-state index is -0.831. The molecule has 0 atom stereocenters. The van der Waals surface area contributed by atoms with E-state index in [1.807, 2.05) is 0 Å². The summed E-state index contributed by atoms with van der Waals surface area (Å²) in [4.78, 5) is 23.0. The number of carbonyl (C=O) groups is 1. The van der Waals surface area contributed by atoms with Crippen molar-refractivity contribution in [2.24, 2.45) is 0 Å². The van der Waals surface area contributed by atoms with E-state index in [4.69, 9.17) is 0 Å². The smallest absolute Gasteiger partial charge is 0.307 e. The number of nitrogens with one attached hydrogen (secondary N) is 1. The molecule has 0 saturated carbocycles. The summed E-state index contributed by atoms with van der Waals surface area (Å²) in [5.74, 6) is -2.21. The zero-order valence-electron chi connectivity index (χ0n) is 10.7. The fourth-order valence-electron chi connectivity index (χ4n) is 1.71. The van der Waals surface area contributed by atoms with Crippen LogP contribution in [0.25, 0.3) is 0 Å². The number of aromatic nitrogens is 1. The van der Waals surface area contributed by atoms with E-state index in [0.29, 0.717) is 0 Å². The van der Waals surface area contributed by atoms with Crippen LogP contribution in [0.4, 0.5) is 14.5 Å². The lowest BCUT2D eigenvalue weighted by Crippen LogP contribution is -2.20. The summed E-state index contributed by atoms with van der Waals surface area (Å²) < 4.78 is 28.1. The van der Waals surface area contributed by atoms with Crippen LogP contribution < -0.4 is 10.2 Å². The first-order valence-electron chi connectivity index (χ1n) is 5.88. The Balaban J connectivity index is 2.02. The molecule has 0 aliphatic heterocycles. The second-order valence-electron chi connectivity index (χ2n) is 4.19. The lowest BCUT2D eigenvalue weighted by molar-refractivity contribution is -0.116. The molecule has 20 heavy (non-hydrogen) atoms. The van der Waals surface area contributed by atoms with E-state index in [2.05, 4.69) is 5.32 Å². The van der Waals surface area contributed by atoms with Gasteiger partial charge in [0.25, 0.3) is 0 Å². The number of benzene rings is 1. The minimum absolute atomic E-state index is 0.0365. The summed E-state index contributed by atoms with van der Waals surface area (Å²) in [5, 5.41) is 3.87. The van der Waals surface area contributed by atoms with Crippen molar-refractivity contribution >= 4 is 22.9 Å². The van der Waals surface area contributed by atoms with Gasteiger partial charge < -0.3 is 9.88 Å². The Kier molecular flexibility index (Phi) is 4.29. The second-order valence-corrected chi connectivity index (χ2v) is 5.01. The number of aryl methyl sites for hydroxylation is 1. The highest BCUT2D eigenvalue weighted by atomic mass is 32.1. The molecule has 0 fully saturated rings. The predicted octanol–water partition coefficient (Wildman–Crippen LogP) is 2.53. The number of halogens is 2. The minimum Gasteiger partial charge on any atom is -0.321 e. The molecule has 7 heteroatoms. The third kappa shape index (κ3) is 3.11. The summed E-state index contributed by atoms with van der Waals surface area (Å²) in [5.41, 5.74) is 0.289.